The minimum Gasteiger partial charge on any atom is -0.461 e. The van der Waals surface area contributed by atoms with Crippen LogP contribution in [-0.4, -0.2) is 24.7 Å². The fourth-order valence-electron chi connectivity index (χ4n) is 1.14. The molecular weight excluding hydrogens is 178 g/mol. The van der Waals surface area contributed by atoms with Crippen LogP contribution in [-0.2, 0) is 9.53 Å². The van der Waals surface area contributed by atoms with Crippen molar-refractivity contribution in [2.24, 2.45) is 5.92 Å². The van der Waals surface area contributed by atoms with Crippen molar-refractivity contribution in [3.05, 3.63) is 0 Å². The highest BCUT2D eigenvalue weighted by Gasteiger charge is 2.28. The number of ether oxygens (including phenoxy) is 1. The SMILES string of the molecule is CNC(C)(C)C(=O)OC(C)CC(C)C. The van der Waals surface area contributed by atoms with Crippen LogP contribution in [0.5, 0.6) is 0 Å². The maximum atomic E-state index is 11.6. The van der Waals surface area contributed by atoms with Crippen molar-refractivity contribution in [1.29, 1.82) is 0 Å². The van der Waals surface area contributed by atoms with Crippen molar-refractivity contribution in [2.45, 2.75) is 52.7 Å². The van der Waals surface area contributed by atoms with Crippen LogP contribution in [0.25, 0.3) is 0 Å². The van der Waals surface area contributed by atoms with E-state index in [1.165, 1.54) is 0 Å². The molecule has 1 atom stereocenters. The number of hydrogen-bond acceptors (Lipinski definition) is 3. The van der Waals surface area contributed by atoms with Gasteiger partial charge in [-0.15, -0.1) is 0 Å². The zero-order valence-corrected chi connectivity index (χ0v) is 10.2. The van der Waals surface area contributed by atoms with Gasteiger partial charge in [0.25, 0.3) is 0 Å². The van der Waals surface area contributed by atoms with Gasteiger partial charge in [0.1, 0.15) is 5.54 Å². The van der Waals surface area contributed by atoms with Gasteiger partial charge >= 0.3 is 5.97 Å². The molecule has 3 nitrogen and oxygen atoms in total. The lowest BCUT2D eigenvalue weighted by molar-refractivity contribution is -0.155. The summed E-state index contributed by atoms with van der Waals surface area (Å²) >= 11 is 0. The standard InChI is InChI=1S/C11H23NO2/c1-8(2)7-9(3)14-10(13)11(4,5)12-6/h8-9,12H,7H2,1-6H3. The molecule has 0 bridgehead atoms. The molecule has 0 rings (SSSR count). The van der Waals surface area contributed by atoms with Gasteiger partial charge in [0.2, 0.25) is 0 Å². The molecule has 0 fully saturated rings. The van der Waals surface area contributed by atoms with E-state index in [0.717, 1.165) is 6.42 Å². The Morgan fingerprint density at radius 1 is 1.36 bits per heavy atom. The number of hydrogen-bond donors (Lipinski definition) is 1. The Labute approximate surface area is 87.2 Å². The number of carbonyl (C=O) groups is 1. The monoisotopic (exact) mass is 201 g/mol. The third-order valence-electron chi connectivity index (χ3n) is 2.25. The number of carbonyl (C=O) groups excluding carboxylic acids is 1. The molecule has 0 heterocycles. The van der Waals surface area contributed by atoms with Crippen LogP contribution >= 0.6 is 0 Å². The molecule has 0 aromatic carbocycles. The normalized spacial score (nSPS) is 14.2. The summed E-state index contributed by atoms with van der Waals surface area (Å²) in [6.07, 6.45) is 0.904. The van der Waals surface area contributed by atoms with Gasteiger partial charge in [-0.05, 0) is 40.2 Å². The summed E-state index contributed by atoms with van der Waals surface area (Å²) < 4.78 is 5.32. The van der Waals surface area contributed by atoms with Crippen molar-refractivity contribution >= 4 is 5.97 Å². The number of likely N-dealkylation sites (N-methyl/N-ethyl adjacent to an activating group) is 1. The predicted octanol–water partition coefficient (Wildman–Crippen LogP) is 1.96. The molecule has 0 spiro atoms. The van der Waals surface area contributed by atoms with Crippen molar-refractivity contribution < 1.29 is 9.53 Å². The molecule has 1 unspecified atom stereocenters. The molecule has 0 aliphatic heterocycles. The van der Waals surface area contributed by atoms with Crippen molar-refractivity contribution in [3.63, 3.8) is 0 Å². The molecule has 0 aliphatic rings. The van der Waals surface area contributed by atoms with Gasteiger partial charge in [0.05, 0.1) is 6.10 Å². The minimum atomic E-state index is -0.592. The molecular formula is C11H23NO2. The van der Waals surface area contributed by atoms with E-state index >= 15 is 0 Å². The van der Waals surface area contributed by atoms with Gasteiger partial charge < -0.3 is 10.1 Å². The highest BCUT2D eigenvalue weighted by molar-refractivity contribution is 5.79. The fraction of sp³-hybridized carbons (Fsp3) is 0.909. The predicted molar refractivity (Wildman–Crippen MR) is 58.1 cm³/mol. The van der Waals surface area contributed by atoms with Crippen LogP contribution in [0.1, 0.15) is 41.0 Å². The summed E-state index contributed by atoms with van der Waals surface area (Å²) in [4.78, 5) is 11.6. The Hall–Kier alpha value is -0.570. The molecule has 0 saturated carbocycles. The van der Waals surface area contributed by atoms with Crippen molar-refractivity contribution in [2.75, 3.05) is 7.05 Å². The molecule has 84 valence electrons. The summed E-state index contributed by atoms with van der Waals surface area (Å²) in [5.41, 5.74) is -0.592. The topological polar surface area (TPSA) is 38.3 Å². The second-order valence-electron chi connectivity index (χ2n) is 4.72. The van der Waals surface area contributed by atoms with E-state index < -0.39 is 5.54 Å². The van der Waals surface area contributed by atoms with E-state index in [4.69, 9.17) is 4.74 Å². The van der Waals surface area contributed by atoms with Crippen LogP contribution in [0.2, 0.25) is 0 Å². The number of nitrogens with one attached hydrogen (secondary N) is 1. The van der Waals surface area contributed by atoms with Crippen LogP contribution < -0.4 is 5.32 Å². The van der Waals surface area contributed by atoms with E-state index in [1.807, 2.05) is 20.8 Å². The molecule has 0 aromatic heterocycles. The molecule has 0 aromatic rings. The van der Waals surface area contributed by atoms with E-state index in [-0.39, 0.29) is 12.1 Å². The molecule has 14 heavy (non-hydrogen) atoms. The Bertz CT molecular complexity index is 188. The van der Waals surface area contributed by atoms with Gasteiger partial charge in [-0.3, -0.25) is 4.79 Å². The highest BCUT2D eigenvalue weighted by atomic mass is 16.5. The molecule has 0 saturated heterocycles. The summed E-state index contributed by atoms with van der Waals surface area (Å²) in [7, 11) is 1.76. The Morgan fingerprint density at radius 2 is 1.86 bits per heavy atom. The second kappa shape index (κ2) is 5.35. The Morgan fingerprint density at radius 3 is 2.21 bits per heavy atom. The summed E-state index contributed by atoms with van der Waals surface area (Å²) in [5.74, 6) is 0.364. The van der Waals surface area contributed by atoms with Crippen LogP contribution in [0, 0.1) is 5.92 Å². The first-order chi connectivity index (χ1) is 6.29. The maximum absolute atomic E-state index is 11.6. The fourth-order valence-corrected chi connectivity index (χ4v) is 1.14. The third kappa shape index (κ3) is 4.61. The average Bonchev–Trinajstić information content (AvgIpc) is 2.02. The molecule has 3 heteroatoms. The highest BCUT2D eigenvalue weighted by Crippen LogP contribution is 2.11. The van der Waals surface area contributed by atoms with Gasteiger partial charge in [0.15, 0.2) is 0 Å². The number of esters is 1. The van der Waals surface area contributed by atoms with E-state index in [2.05, 4.69) is 19.2 Å². The summed E-state index contributed by atoms with van der Waals surface area (Å²) in [5, 5.41) is 2.93. The largest absolute Gasteiger partial charge is 0.461 e. The zero-order chi connectivity index (χ0) is 11.4. The second-order valence-corrected chi connectivity index (χ2v) is 4.72. The van der Waals surface area contributed by atoms with E-state index in [0.29, 0.717) is 5.92 Å². The van der Waals surface area contributed by atoms with Gasteiger partial charge in [0, 0.05) is 0 Å². The smallest absolute Gasteiger partial charge is 0.326 e. The van der Waals surface area contributed by atoms with Crippen molar-refractivity contribution in [1.82, 2.24) is 5.32 Å². The first-order valence-corrected chi connectivity index (χ1v) is 5.19. The van der Waals surface area contributed by atoms with E-state index in [9.17, 15) is 4.79 Å². The van der Waals surface area contributed by atoms with Gasteiger partial charge in [-0.2, -0.15) is 0 Å². The molecule has 1 N–H and O–H groups in total. The third-order valence-corrected chi connectivity index (χ3v) is 2.25. The molecule has 0 amide bonds. The average molecular weight is 201 g/mol. The lowest BCUT2D eigenvalue weighted by Crippen LogP contribution is -2.46. The first kappa shape index (κ1) is 13.4. The zero-order valence-electron chi connectivity index (χ0n) is 10.2. The summed E-state index contributed by atoms with van der Waals surface area (Å²) in [6.45, 7) is 9.81. The Balaban J connectivity index is 4.06. The number of rotatable bonds is 5. The van der Waals surface area contributed by atoms with Crippen LogP contribution in [0.3, 0.4) is 0 Å². The van der Waals surface area contributed by atoms with Gasteiger partial charge in [-0.1, -0.05) is 13.8 Å². The van der Waals surface area contributed by atoms with Crippen molar-refractivity contribution in [3.8, 4) is 0 Å². The molecule has 0 radical (unpaired) electrons. The molecule has 0 aliphatic carbocycles. The maximum Gasteiger partial charge on any atom is 0.326 e. The van der Waals surface area contributed by atoms with Crippen LogP contribution in [0.15, 0.2) is 0 Å². The van der Waals surface area contributed by atoms with Crippen LogP contribution in [0.4, 0.5) is 0 Å². The quantitative estimate of drug-likeness (QED) is 0.691. The lowest BCUT2D eigenvalue weighted by Gasteiger charge is -2.25. The van der Waals surface area contributed by atoms with E-state index in [1.54, 1.807) is 7.05 Å². The Kier molecular flexibility index (Phi) is 5.13. The summed E-state index contributed by atoms with van der Waals surface area (Å²) in [6, 6.07) is 0. The first-order valence-electron chi connectivity index (χ1n) is 5.19. The van der Waals surface area contributed by atoms with Gasteiger partial charge in [-0.25, -0.2) is 0 Å². The lowest BCUT2D eigenvalue weighted by atomic mass is 10.1. The minimum absolute atomic E-state index is 0.00451.